The molecule has 26 heavy (non-hydrogen) atoms. The minimum Gasteiger partial charge on any atom is -0.349 e. The Morgan fingerprint density at radius 3 is 2.38 bits per heavy atom. The second-order valence-electron chi connectivity index (χ2n) is 6.85. The van der Waals surface area contributed by atoms with Gasteiger partial charge in [0.15, 0.2) is 0 Å². The first-order valence-electron chi connectivity index (χ1n) is 8.87. The number of carbonyl (C=O) groups excluding carboxylic acids is 2. The number of piperidine rings is 1. The van der Waals surface area contributed by atoms with Crippen LogP contribution < -0.4 is 5.32 Å². The second kappa shape index (κ2) is 7.92. The Bertz CT molecular complexity index is 827. The summed E-state index contributed by atoms with van der Waals surface area (Å²) < 4.78 is 0. The van der Waals surface area contributed by atoms with Gasteiger partial charge in [-0.25, -0.2) is 0 Å². The Hall–Kier alpha value is -2.33. The van der Waals surface area contributed by atoms with Gasteiger partial charge in [-0.15, -0.1) is 0 Å². The van der Waals surface area contributed by atoms with Crippen molar-refractivity contribution < 1.29 is 9.59 Å². The number of benzene rings is 2. The largest absolute Gasteiger partial charge is 0.349 e. The molecule has 1 N–H and O–H groups in total. The Labute approximate surface area is 159 Å². The molecule has 0 radical (unpaired) electrons. The summed E-state index contributed by atoms with van der Waals surface area (Å²) in [5, 5.41) is 3.59. The zero-order valence-electron chi connectivity index (χ0n) is 15.1. The van der Waals surface area contributed by atoms with Gasteiger partial charge in [-0.05, 0) is 68.1 Å². The number of hydrogen-bond acceptors (Lipinski definition) is 2. The van der Waals surface area contributed by atoms with Gasteiger partial charge in [0.25, 0.3) is 11.8 Å². The van der Waals surface area contributed by atoms with Crippen LogP contribution in [-0.4, -0.2) is 35.8 Å². The highest BCUT2D eigenvalue weighted by Crippen LogP contribution is 2.17. The van der Waals surface area contributed by atoms with E-state index in [2.05, 4.69) is 5.32 Å². The molecule has 0 aliphatic carbocycles. The first kappa shape index (κ1) is 18.5. The third kappa shape index (κ3) is 4.25. The maximum absolute atomic E-state index is 12.7. The molecule has 136 valence electrons. The summed E-state index contributed by atoms with van der Waals surface area (Å²) in [4.78, 5) is 26.9. The minimum absolute atomic E-state index is 0.0627. The van der Waals surface area contributed by atoms with E-state index in [1.54, 1.807) is 24.3 Å². The lowest BCUT2D eigenvalue weighted by Gasteiger charge is -2.32. The van der Waals surface area contributed by atoms with E-state index in [9.17, 15) is 9.59 Å². The maximum atomic E-state index is 12.7. The van der Waals surface area contributed by atoms with Crippen LogP contribution >= 0.6 is 11.6 Å². The van der Waals surface area contributed by atoms with Gasteiger partial charge in [0.05, 0.1) is 0 Å². The first-order valence-corrected chi connectivity index (χ1v) is 9.25. The summed E-state index contributed by atoms with van der Waals surface area (Å²) in [6.45, 7) is 5.35. The third-order valence-corrected chi connectivity index (χ3v) is 5.19. The van der Waals surface area contributed by atoms with Gasteiger partial charge in [-0.3, -0.25) is 9.59 Å². The first-order chi connectivity index (χ1) is 12.4. The number of halogens is 1. The molecule has 4 nitrogen and oxygen atoms in total. The number of aryl methyl sites for hydroxylation is 2. The van der Waals surface area contributed by atoms with Crippen molar-refractivity contribution in [3.05, 3.63) is 69.7 Å². The van der Waals surface area contributed by atoms with Crippen molar-refractivity contribution in [1.82, 2.24) is 10.2 Å². The van der Waals surface area contributed by atoms with Gasteiger partial charge < -0.3 is 10.2 Å². The van der Waals surface area contributed by atoms with Crippen LogP contribution in [0.15, 0.2) is 42.5 Å². The van der Waals surface area contributed by atoms with Crippen LogP contribution in [-0.2, 0) is 0 Å². The van der Waals surface area contributed by atoms with E-state index in [-0.39, 0.29) is 17.9 Å². The SMILES string of the molecule is Cc1ccc(C(=O)N2CCC(NC(=O)c3cccc(Cl)c3)CC2)cc1C. The maximum Gasteiger partial charge on any atom is 0.253 e. The summed E-state index contributed by atoms with van der Waals surface area (Å²) in [7, 11) is 0. The van der Waals surface area contributed by atoms with E-state index in [4.69, 9.17) is 11.6 Å². The van der Waals surface area contributed by atoms with Crippen LogP contribution in [0.4, 0.5) is 0 Å². The summed E-state index contributed by atoms with van der Waals surface area (Å²) in [5.41, 5.74) is 3.60. The summed E-state index contributed by atoms with van der Waals surface area (Å²) >= 11 is 5.94. The van der Waals surface area contributed by atoms with Crippen LogP contribution in [0, 0.1) is 13.8 Å². The van der Waals surface area contributed by atoms with Gasteiger partial charge in [0.1, 0.15) is 0 Å². The molecule has 0 spiro atoms. The molecule has 2 aromatic carbocycles. The molecule has 0 atom stereocenters. The molecule has 0 saturated carbocycles. The summed E-state index contributed by atoms with van der Waals surface area (Å²) in [6, 6.07) is 12.8. The van der Waals surface area contributed by atoms with E-state index in [0.29, 0.717) is 23.7 Å². The average Bonchev–Trinajstić information content (AvgIpc) is 2.64. The molecular weight excluding hydrogens is 348 g/mol. The highest BCUT2D eigenvalue weighted by atomic mass is 35.5. The van der Waals surface area contributed by atoms with Crippen molar-refractivity contribution in [2.45, 2.75) is 32.7 Å². The number of nitrogens with zero attached hydrogens (tertiary/aromatic N) is 1. The zero-order valence-corrected chi connectivity index (χ0v) is 15.8. The van der Waals surface area contributed by atoms with Crippen molar-refractivity contribution in [1.29, 1.82) is 0 Å². The molecule has 1 saturated heterocycles. The van der Waals surface area contributed by atoms with Crippen molar-refractivity contribution in [2.75, 3.05) is 13.1 Å². The molecule has 1 aliphatic heterocycles. The standard InChI is InChI=1S/C21H23ClN2O2/c1-14-6-7-17(12-15(14)2)21(26)24-10-8-19(9-11-24)23-20(25)16-4-3-5-18(22)13-16/h3-7,12-13,19H,8-11H2,1-2H3,(H,23,25). The van der Waals surface area contributed by atoms with Gasteiger partial charge in [-0.1, -0.05) is 23.7 Å². The molecule has 0 unspecified atom stereocenters. The van der Waals surface area contributed by atoms with E-state index < -0.39 is 0 Å². The van der Waals surface area contributed by atoms with E-state index in [1.165, 1.54) is 5.56 Å². The van der Waals surface area contributed by atoms with Crippen LogP contribution in [0.5, 0.6) is 0 Å². The van der Waals surface area contributed by atoms with Gasteiger partial charge >= 0.3 is 0 Å². The lowest BCUT2D eigenvalue weighted by atomic mass is 10.0. The van der Waals surface area contributed by atoms with Crippen molar-refractivity contribution in [3.8, 4) is 0 Å². The zero-order chi connectivity index (χ0) is 18.7. The Balaban J connectivity index is 1.56. The molecule has 2 aromatic rings. The number of nitrogens with one attached hydrogen (secondary N) is 1. The summed E-state index contributed by atoms with van der Waals surface area (Å²) in [5.74, 6) is -0.0563. The fourth-order valence-corrected chi connectivity index (χ4v) is 3.37. The molecule has 2 amide bonds. The van der Waals surface area contributed by atoms with Crippen LogP contribution in [0.25, 0.3) is 0 Å². The topological polar surface area (TPSA) is 49.4 Å². The number of rotatable bonds is 3. The fraction of sp³-hybridized carbons (Fsp3) is 0.333. The highest BCUT2D eigenvalue weighted by Gasteiger charge is 2.25. The molecule has 3 rings (SSSR count). The predicted molar refractivity (Wildman–Crippen MR) is 104 cm³/mol. The van der Waals surface area contributed by atoms with E-state index in [0.717, 1.165) is 24.0 Å². The lowest BCUT2D eigenvalue weighted by molar-refractivity contribution is 0.0698. The number of carbonyl (C=O) groups is 2. The summed E-state index contributed by atoms with van der Waals surface area (Å²) in [6.07, 6.45) is 1.51. The fourth-order valence-electron chi connectivity index (χ4n) is 3.18. The van der Waals surface area contributed by atoms with E-state index in [1.807, 2.05) is 36.9 Å². The Kier molecular flexibility index (Phi) is 5.62. The molecule has 5 heteroatoms. The third-order valence-electron chi connectivity index (χ3n) is 4.96. The highest BCUT2D eigenvalue weighted by molar-refractivity contribution is 6.30. The van der Waals surface area contributed by atoms with Crippen LogP contribution in [0.2, 0.25) is 5.02 Å². The van der Waals surface area contributed by atoms with Crippen molar-refractivity contribution in [2.24, 2.45) is 0 Å². The normalized spacial score (nSPS) is 15.0. The van der Waals surface area contributed by atoms with Crippen molar-refractivity contribution in [3.63, 3.8) is 0 Å². The number of amides is 2. The molecule has 0 bridgehead atoms. The van der Waals surface area contributed by atoms with Crippen LogP contribution in [0.3, 0.4) is 0 Å². The van der Waals surface area contributed by atoms with Crippen LogP contribution in [0.1, 0.15) is 44.7 Å². The van der Waals surface area contributed by atoms with E-state index >= 15 is 0 Å². The number of hydrogen-bond donors (Lipinski definition) is 1. The Morgan fingerprint density at radius 2 is 1.73 bits per heavy atom. The Morgan fingerprint density at radius 1 is 1.00 bits per heavy atom. The number of likely N-dealkylation sites (tertiary alicyclic amines) is 1. The smallest absolute Gasteiger partial charge is 0.253 e. The molecular formula is C21H23ClN2O2. The molecule has 1 fully saturated rings. The quantitative estimate of drug-likeness (QED) is 0.888. The molecule has 1 aliphatic rings. The lowest BCUT2D eigenvalue weighted by Crippen LogP contribution is -2.46. The predicted octanol–water partition coefficient (Wildman–Crippen LogP) is 3.99. The second-order valence-corrected chi connectivity index (χ2v) is 7.29. The molecule has 1 heterocycles. The average molecular weight is 371 g/mol. The van der Waals surface area contributed by atoms with Gasteiger partial charge in [-0.2, -0.15) is 0 Å². The monoisotopic (exact) mass is 370 g/mol. The van der Waals surface area contributed by atoms with Crippen molar-refractivity contribution >= 4 is 23.4 Å². The van der Waals surface area contributed by atoms with Gasteiger partial charge in [0.2, 0.25) is 0 Å². The molecule has 0 aromatic heterocycles. The van der Waals surface area contributed by atoms with Gasteiger partial charge in [0, 0.05) is 35.3 Å². The minimum atomic E-state index is -0.119.